The lowest BCUT2D eigenvalue weighted by Gasteiger charge is -2.07. The molecule has 1 heteroatoms. The van der Waals surface area contributed by atoms with Crippen molar-refractivity contribution in [1.29, 1.82) is 0 Å². The largest absolute Gasteiger partial charge is 0.130 e. The van der Waals surface area contributed by atoms with Gasteiger partial charge < -0.3 is 0 Å². The molecule has 0 aromatic heterocycles. The Morgan fingerprint density at radius 2 is 1.72 bits per heavy atom. The minimum absolute atomic E-state index is 1.11. The van der Waals surface area contributed by atoms with Crippen molar-refractivity contribution in [1.82, 2.24) is 0 Å². The van der Waals surface area contributed by atoms with Crippen molar-refractivity contribution in [3.8, 4) is 0 Å². The van der Waals surface area contributed by atoms with Gasteiger partial charge >= 0.3 is 0 Å². The van der Waals surface area contributed by atoms with Crippen LogP contribution in [0.15, 0.2) is 41.8 Å². The second kappa shape index (κ2) is 10.2. The van der Waals surface area contributed by atoms with Crippen LogP contribution in [0.1, 0.15) is 45.4 Å². The molecule has 0 N–H and O–H groups in total. The van der Waals surface area contributed by atoms with Crippen LogP contribution in [0.5, 0.6) is 0 Å². The maximum absolute atomic E-state index is 3.79. The Balaban J connectivity index is 4.41. The van der Waals surface area contributed by atoms with Crippen LogP contribution in [0.2, 0.25) is 19.6 Å². The van der Waals surface area contributed by atoms with Gasteiger partial charge in [0.15, 0.2) is 0 Å². The lowest BCUT2D eigenvalue weighted by atomic mass is 10.0. The minimum atomic E-state index is -1.11. The number of unbranched alkanes of at least 4 members (excludes halogenated alkanes) is 2. The Bertz CT molecular complexity index is 309. The number of hydrogen-bond donors (Lipinski definition) is 0. The molecule has 0 amide bonds. The first-order chi connectivity index (χ1) is 8.49. The van der Waals surface area contributed by atoms with Gasteiger partial charge in [0.2, 0.25) is 0 Å². The van der Waals surface area contributed by atoms with Gasteiger partial charge in [0.25, 0.3) is 0 Å². The zero-order valence-electron chi connectivity index (χ0n) is 12.8. The van der Waals surface area contributed by atoms with Crippen LogP contribution in [-0.2, 0) is 0 Å². The fraction of sp³-hybridized carbons (Fsp3) is 0.588. The molecule has 0 aromatic carbocycles. The molecule has 0 saturated carbocycles. The summed E-state index contributed by atoms with van der Waals surface area (Å²) in [6.07, 6.45) is 13.6. The highest BCUT2D eigenvalue weighted by molar-refractivity contribution is 6.80. The molecular formula is C17H30Si. The fourth-order valence-electron chi connectivity index (χ4n) is 1.65. The quantitative estimate of drug-likeness (QED) is 0.205. The normalized spacial score (nSPS) is 11.3. The Kier molecular flexibility index (Phi) is 9.73. The van der Waals surface area contributed by atoms with E-state index in [4.69, 9.17) is 0 Å². The molecule has 102 valence electrons. The van der Waals surface area contributed by atoms with Crippen LogP contribution >= 0.6 is 0 Å². The third-order valence-corrected chi connectivity index (χ3v) is 3.69. The summed E-state index contributed by atoms with van der Waals surface area (Å²) in [7, 11) is -1.11. The van der Waals surface area contributed by atoms with Gasteiger partial charge in [-0.3, -0.25) is 0 Å². The molecule has 0 saturated heterocycles. The molecule has 18 heavy (non-hydrogen) atoms. The van der Waals surface area contributed by atoms with Crippen LogP contribution in [0, 0.1) is 0 Å². The molecule has 0 spiro atoms. The van der Waals surface area contributed by atoms with E-state index < -0.39 is 8.07 Å². The lowest BCUT2D eigenvalue weighted by molar-refractivity contribution is 0.748. The van der Waals surface area contributed by atoms with Gasteiger partial charge in [-0.25, -0.2) is 0 Å². The monoisotopic (exact) mass is 262 g/mol. The highest BCUT2D eigenvalue weighted by Crippen LogP contribution is 2.15. The first-order valence-electron chi connectivity index (χ1n) is 7.17. The molecule has 0 rings (SSSR count). The van der Waals surface area contributed by atoms with Crippen LogP contribution in [-0.4, -0.2) is 8.07 Å². The standard InChI is InChI=1S/C17H30Si/c1-6-8-10-12-14-17(13-11-9-7-2)15-16-18(3,4)5/h6-8,16H,2,9-14H2,1,3-5H3/b8-6+. The second-order valence-corrected chi connectivity index (χ2v) is 10.9. The van der Waals surface area contributed by atoms with E-state index in [9.17, 15) is 0 Å². The zero-order chi connectivity index (χ0) is 13.9. The number of hydrogen-bond acceptors (Lipinski definition) is 0. The first kappa shape index (κ1) is 17.2. The average Bonchev–Trinajstić information content (AvgIpc) is 2.29. The summed E-state index contributed by atoms with van der Waals surface area (Å²) in [5.74, 6) is 0. The van der Waals surface area contributed by atoms with E-state index in [2.05, 4.69) is 56.7 Å². The van der Waals surface area contributed by atoms with Gasteiger partial charge in [-0.2, -0.15) is 0 Å². The van der Waals surface area contributed by atoms with Crippen molar-refractivity contribution in [2.75, 3.05) is 0 Å². The van der Waals surface area contributed by atoms with E-state index in [1.54, 1.807) is 0 Å². The predicted molar refractivity (Wildman–Crippen MR) is 87.7 cm³/mol. The second-order valence-electron chi connectivity index (χ2n) is 5.90. The van der Waals surface area contributed by atoms with E-state index in [0.717, 1.165) is 6.42 Å². The molecule has 0 aromatic rings. The summed E-state index contributed by atoms with van der Waals surface area (Å²) < 4.78 is 0. The Morgan fingerprint density at radius 3 is 2.22 bits per heavy atom. The molecule has 0 aliphatic carbocycles. The van der Waals surface area contributed by atoms with Gasteiger partial charge in [0, 0.05) is 0 Å². The molecule has 0 heterocycles. The lowest BCUT2D eigenvalue weighted by Crippen LogP contribution is -2.14. The highest BCUT2D eigenvalue weighted by Gasteiger charge is 2.06. The SMILES string of the molecule is C=CCCCC(=C=C[Si](C)(C)C)CCC/C=C/C. The minimum Gasteiger partial charge on any atom is -0.130 e. The van der Waals surface area contributed by atoms with Crippen molar-refractivity contribution in [2.45, 2.75) is 65.1 Å². The predicted octanol–water partition coefficient (Wildman–Crippen LogP) is 6.05. The smallest absolute Gasteiger partial charge is 0.0781 e. The molecule has 0 unspecified atom stereocenters. The van der Waals surface area contributed by atoms with Crippen LogP contribution in [0.3, 0.4) is 0 Å². The van der Waals surface area contributed by atoms with Gasteiger partial charge in [-0.1, -0.05) is 43.6 Å². The topological polar surface area (TPSA) is 0 Å². The van der Waals surface area contributed by atoms with E-state index in [1.165, 1.54) is 37.7 Å². The molecular weight excluding hydrogens is 232 g/mol. The third-order valence-electron chi connectivity index (χ3n) is 2.68. The average molecular weight is 263 g/mol. The summed E-state index contributed by atoms with van der Waals surface area (Å²) in [6, 6.07) is 0. The van der Waals surface area contributed by atoms with Crippen molar-refractivity contribution in [3.63, 3.8) is 0 Å². The molecule has 0 fully saturated rings. The molecule has 0 atom stereocenters. The Morgan fingerprint density at radius 1 is 1.11 bits per heavy atom. The molecule has 0 aliphatic heterocycles. The maximum atomic E-state index is 3.79. The third kappa shape index (κ3) is 11.7. The van der Waals surface area contributed by atoms with Crippen LogP contribution in [0.25, 0.3) is 0 Å². The van der Waals surface area contributed by atoms with Gasteiger partial charge in [-0.05, 0) is 51.0 Å². The van der Waals surface area contributed by atoms with Crippen LogP contribution < -0.4 is 0 Å². The number of allylic oxidation sites excluding steroid dienone is 4. The molecule has 0 nitrogen and oxygen atoms in total. The molecule has 0 aliphatic rings. The fourth-order valence-corrected chi connectivity index (χ4v) is 2.28. The summed E-state index contributed by atoms with van der Waals surface area (Å²) in [6.45, 7) is 13.0. The Hall–Kier alpha value is -0.783. The van der Waals surface area contributed by atoms with E-state index in [-0.39, 0.29) is 0 Å². The van der Waals surface area contributed by atoms with Crippen LogP contribution in [0.4, 0.5) is 0 Å². The summed E-state index contributed by atoms with van der Waals surface area (Å²) >= 11 is 0. The Labute approximate surface area is 115 Å². The summed E-state index contributed by atoms with van der Waals surface area (Å²) in [5.41, 5.74) is 7.45. The first-order valence-corrected chi connectivity index (χ1v) is 10.7. The highest BCUT2D eigenvalue weighted by atomic mass is 28.3. The van der Waals surface area contributed by atoms with E-state index >= 15 is 0 Å². The van der Waals surface area contributed by atoms with Gasteiger partial charge in [0.1, 0.15) is 0 Å². The molecule has 0 radical (unpaired) electrons. The van der Waals surface area contributed by atoms with Crippen molar-refractivity contribution in [2.24, 2.45) is 0 Å². The summed E-state index contributed by atoms with van der Waals surface area (Å²) in [4.78, 5) is 0. The summed E-state index contributed by atoms with van der Waals surface area (Å²) in [5, 5.41) is 0. The number of rotatable bonds is 9. The van der Waals surface area contributed by atoms with E-state index in [0.29, 0.717) is 0 Å². The maximum Gasteiger partial charge on any atom is 0.0781 e. The van der Waals surface area contributed by atoms with Crippen molar-refractivity contribution < 1.29 is 0 Å². The van der Waals surface area contributed by atoms with E-state index in [1.807, 2.05) is 6.08 Å². The van der Waals surface area contributed by atoms with Crippen molar-refractivity contribution in [3.05, 3.63) is 41.8 Å². The van der Waals surface area contributed by atoms with Gasteiger partial charge in [0.05, 0.1) is 8.07 Å². The zero-order valence-corrected chi connectivity index (χ0v) is 13.8. The molecule has 0 bridgehead atoms. The van der Waals surface area contributed by atoms with Gasteiger partial charge in [-0.15, -0.1) is 12.3 Å². The van der Waals surface area contributed by atoms with Crippen molar-refractivity contribution >= 4 is 8.07 Å².